The third-order valence-electron chi connectivity index (χ3n) is 5.05. The van der Waals surface area contributed by atoms with E-state index < -0.39 is 0 Å². The quantitative estimate of drug-likeness (QED) is 0.918. The largest absolute Gasteiger partial charge is 0.350 e. The molecule has 0 aliphatic carbocycles. The van der Waals surface area contributed by atoms with Crippen LogP contribution in [0.15, 0.2) is 18.3 Å². The first-order valence-electron chi connectivity index (χ1n) is 8.95. The molecule has 0 spiro atoms. The maximum atomic E-state index is 12.1. The van der Waals surface area contributed by atoms with Crippen molar-refractivity contribution < 1.29 is 4.79 Å². The fourth-order valence-electron chi connectivity index (χ4n) is 3.64. The number of amides is 1. The molecular weight excluding hydrogens is 300 g/mol. The molecule has 3 rings (SSSR count). The Morgan fingerprint density at radius 1 is 1.33 bits per heavy atom. The van der Waals surface area contributed by atoms with E-state index in [0.29, 0.717) is 19.0 Å². The highest BCUT2D eigenvalue weighted by Gasteiger charge is 2.19. The minimum Gasteiger partial charge on any atom is -0.350 e. The van der Waals surface area contributed by atoms with Crippen LogP contribution in [0.4, 0.5) is 0 Å². The second-order valence-corrected chi connectivity index (χ2v) is 7.08. The molecule has 130 valence electrons. The van der Waals surface area contributed by atoms with Crippen LogP contribution in [0, 0.1) is 13.8 Å². The van der Waals surface area contributed by atoms with E-state index in [-0.39, 0.29) is 5.91 Å². The Morgan fingerprint density at radius 2 is 2.17 bits per heavy atom. The lowest BCUT2D eigenvalue weighted by Gasteiger charge is -2.32. The molecule has 3 heterocycles. The van der Waals surface area contributed by atoms with Gasteiger partial charge < -0.3 is 14.6 Å². The summed E-state index contributed by atoms with van der Waals surface area (Å²) in [5.74, 6) is 0.124. The van der Waals surface area contributed by atoms with E-state index in [1.807, 2.05) is 6.20 Å². The Kier molecular flexibility index (Phi) is 5.19. The molecule has 1 N–H and O–H groups in total. The van der Waals surface area contributed by atoms with Crippen molar-refractivity contribution in [1.29, 1.82) is 0 Å². The van der Waals surface area contributed by atoms with E-state index >= 15 is 0 Å². The Labute approximate surface area is 144 Å². The summed E-state index contributed by atoms with van der Waals surface area (Å²) in [7, 11) is 2.17. The van der Waals surface area contributed by atoms with Gasteiger partial charge in [0, 0.05) is 24.4 Å². The van der Waals surface area contributed by atoms with E-state index in [1.54, 1.807) is 0 Å². The highest BCUT2D eigenvalue weighted by atomic mass is 16.1. The van der Waals surface area contributed by atoms with Gasteiger partial charge in [-0.3, -0.25) is 4.79 Å². The van der Waals surface area contributed by atoms with Crippen LogP contribution < -0.4 is 5.32 Å². The minimum atomic E-state index is 0.124. The van der Waals surface area contributed by atoms with Gasteiger partial charge in [0.2, 0.25) is 5.91 Å². The Balaban J connectivity index is 1.52. The highest BCUT2D eigenvalue weighted by Crippen LogP contribution is 2.19. The van der Waals surface area contributed by atoms with Crippen molar-refractivity contribution in [3.63, 3.8) is 0 Å². The van der Waals surface area contributed by atoms with Crippen LogP contribution in [0.1, 0.15) is 49.1 Å². The predicted molar refractivity (Wildman–Crippen MR) is 96.0 cm³/mol. The average Bonchev–Trinajstić information content (AvgIpc) is 2.95. The molecular formula is C19H28N4O. The van der Waals surface area contributed by atoms with Gasteiger partial charge in [-0.1, -0.05) is 6.42 Å². The summed E-state index contributed by atoms with van der Waals surface area (Å²) in [6, 6.07) is 4.76. The van der Waals surface area contributed by atoms with Crippen LogP contribution in [-0.4, -0.2) is 39.8 Å². The van der Waals surface area contributed by atoms with Crippen molar-refractivity contribution in [1.82, 2.24) is 19.6 Å². The fraction of sp³-hybridized carbons (Fsp3) is 0.579. The SMILES string of the molecule is Cc1cc(C)n2cc(CNC(=O)CC[C@H]3CCCCN3C)nc2c1. The molecule has 1 amide bonds. The second kappa shape index (κ2) is 7.34. The molecule has 0 bridgehead atoms. The van der Waals surface area contributed by atoms with Gasteiger partial charge in [-0.15, -0.1) is 0 Å². The molecule has 0 saturated carbocycles. The second-order valence-electron chi connectivity index (χ2n) is 7.08. The summed E-state index contributed by atoms with van der Waals surface area (Å²) >= 11 is 0. The molecule has 0 aromatic carbocycles. The Bertz CT molecular complexity index is 721. The molecule has 1 fully saturated rings. The molecule has 0 unspecified atom stereocenters. The molecule has 1 saturated heterocycles. The molecule has 1 aliphatic rings. The zero-order valence-electron chi connectivity index (χ0n) is 15.0. The number of hydrogen-bond acceptors (Lipinski definition) is 3. The number of aromatic nitrogens is 2. The minimum absolute atomic E-state index is 0.124. The summed E-state index contributed by atoms with van der Waals surface area (Å²) in [6.07, 6.45) is 7.35. The van der Waals surface area contributed by atoms with Crippen molar-refractivity contribution in [3.05, 3.63) is 35.3 Å². The maximum Gasteiger partial charge on any atom is 0.220 e. The third-order valence-corrected chi connectivity index (χ3v) is 5.05. The molecule has 0 radical (unpaired) electrons. The van der Waals surface area contributed by atoms with Gasteiger partial charge in [0.15, 0.2) is 0 Å². The van der Waals surface area contributed by atoms with Gasteiger partial charge in [0.1, 0.15) is 5.65 Å². The normalized spacial score (nSPS) is 18.9. The maximum absolute atomic E-state index is 12.1. The lowest BCUT2D eigenvalue weighted by Crippen LogP contribution is -2.37. The van der Waals surface area contributed by atoms with E-state index in [1.165, 1.54) is 24.8 Å². The highest BCUT2D eigenvalue weighted by molar-refractivity contribution is 5.75. The van der Waals surface area contributed by atoms with Gasteiger partial charge in [-0.05, 0) is 64.4 Å². The van der Waals surface area contributed by atoms with Gasteiger partial charge in [0.25, 0.3) is 0 Å². The predicted octanol–water partition coefficient (Wildman–Crippen LogP) is 2.83. The lowest BCUT2D eigenvalue weighted by atomic mass is 9.98. The number of nitrogens with zero attached hydrogens (tertiary/aromatic N) is 3. The van der Waals surface area contributed by atoms with E-state index in [2.05, 4.69) is 52.6 Å². The summed E-state index contributed by atoms with van der Waals surface area (Å²) in [4.78, 5) is 19.1. The smallest absolute Gasteiger partial charge is 0.220 e. The number of imidazole rings is 1. The fourth-order valence-corrected chi connectivity index (χ4v) is 3.64. The van der Waals surface area contributed by atoms with Gasteiger partial charge >= 0.3 is 0 Å². The van der Waals surface area contributed by atoms with E-state index in [9.17, 15) is 4.79 Å². The molecule has 5 nitrogen and oxygen atoms in total. The number of nitrogens with one attached hydrogen (secondary N) is 1. The molecule has 2 aromatic rings. The lowest BCUT2D eigenvalue weighted by molar-refractivity contribution is -0.121. The summed E-state index contributed by atoms with van der Waals surface area (Å²) in [5.41, 5.74) is 4.22. The van der Waals surface area contributed by atoms with Crippen LogP contribution in [0.5, 0.6) is 0 Å². The van der Waals surface area contributed by atoms with Crippen molar-refractivity contribution in [2.45, 2.75) is 58.5 Å². The first-order valence-corrected chi connectivity index (χ1v) is 8.95. The van der Waals surface area contributed by atoms with E-state index in [0.717, 1.165) is 30.0 Å². The van der Waals surface area contributed by atoms with Crippen LogP contribution in [0.3, 0.4) is 0 Å². The number of pyridine rings is 1. The van der Waals surface area contributed by atoms with Crippen LogP contribution in [-0.2, 0) is 11.3 Å². The Morgan fingerprint density at radius 3 is 2.96 bits per heavy atom. The first-order chi connectivity index (χ1) is 11.5. The number of carbonyl (C=O) groups excluding carboxylic acids is 1. The van der Waals surface area contributed by atoms with Crippen LogP contribution >= 0.6 is 0 Å². The number of rotatable bonds is 5. The van der Waals surface area contributed by atoms with Crippen molar-refractivity contribution in [2.24, 2.45) is 0 Å². The van der Waals surface area contributed by atoms with Gasteiger partial charge in [-0.25, -0.2) is 4.98 Å². The number of fused-ring (bicyclic) bond motifs is 1. The number of aryl methyl sites for hydroxylation is 2. The molecule has 5 heteroatoms. The molecule has 1 atom stereocenters. The topological polar surface area (TPSA) is 49.6 Å². The third kappa shape index (κ3) is 3.96. The average molecular weight is 328 g/mol. The van der Waals surface area contributed by atoms with Crippen LogP contribution in [0.2, 0.25) is 0 Å². The standard InChI is InChI=1S/C19H28N4O/c1-14-10-15(2)23-13-16(21-18(23)11-14)12-20-19(24)8-7-17-6-4-5-9-22(17)3/h10-11,13,17H,4-9,12H2,1-3H3,(H,20,24)/t17-/m1/s1. The Hall–Kier alpha value is -1.88. The number of hydrogen-bond donors (Lipinski definition) is 1. The first kappa shape index (κ1) is 17.0. The number of carbonyl (C=O) groups is 1. The number of likely N-dealkylation sites (tertiary alicyclic amines) is 1. The van der Waals surface area contributed by atoms with Crippen molar-refractivity contribution in [2.75, 3.05) is 13.6 Å². The molecule has 1 aliphatic heterocycles. The summed E-state index contributed by atoms with van der Waals surface area (Å²) < 4.78 is 2.07. The number of piperidine rings is 1. The summed E-state index contributed by atoms with van der Waals surface area (Å²) in [6.45, 7) is 5.81. The van der Waals surface area contributed by atoms with Gasteiger partial charge in [0.05, 0.1) is 12.2 Å². The van der Waals surface area contributed by atoms with Crippen LogP contribution in [0.25, 0.3) is 5.65 Å². The monoisotopic (exact) mass is 328 g/mol. The van der Waals surface area contributed by atoms with Crippen molar-refractivity contribution >= 4 is 11.6 Å². The van der Waals surface area contributed by atoms with Crippen molar-refractivity contribution in [3.8, 4) is 0 Å². The molecule has 2 aromatic heterocycles. The van der Waals surface area contributed by atoms with E-state index in [4.69, 9.17) is 0 Å². The zero-order valence-corrected chi connectivity index (χ0v) is 15.0. The molecule has 24 heavy (non-hydrogen) atoms. The van der Waals surface area contributed by atoms with Gasteiger partial charge in [-0.2, -0.15) is 0 Å². The summed E-state index contributed by atoms with van der Waals surface area (Å²) in [5, 5.41) is 3.02. The zero-order chi connectivity index (χ0) is 17.1.